The molecule has 0 fully saturated rings. The van der Waals surface area contributed by atoms with E-state index >= 15 is 4.39 Å². The molecule has 14 heteroatoms. The van der Waals surface area contributed by atoms with Crippen LogP contribution in [0.4, 0.5) is 17.6 Å². The SMILES string of the molecule is C=CC(=O)N1CCn2nc(-c3nc(-c4ccc5c(cnn5C)c4)c4ccsc4c3-c3c(F)cc(F)cc3OCCOC(F)F)cc2C1C. The fraction of sp³-hybridized carbons (Fsp3) is 0.235. The van der Waals surface area contributed by atoms with Crippen molar-refractivity contribution in [2.75, 3.05) is 19.8 Å². The molecule has 0 saturated heterocycles. The topological polar surface area (TPSA) is 87.3 Å². The summed E-state index contributed by atoms with van der Waals surface area (Å²) in [6.45, 7) is 2.41. The average Bonchev–Trinajstić information content (AvgIpc) is 3.81. The molecule has 0 aliphatic carbocycles. The molecule has 1 atom stereocenters. The van der Waals surface area contributed by atoms with Gasteiger partial charge < -0.3 is 14.4 Å². The number of ether oxygens (including phenoxy) is 2. The van der Waals surface area contributed by atoms with Crippen LogP contribution in [0.15, 0.2) is 66.7 Å². The summed E-state index contributed by atoms with van der Waals surface area (Å²) in [5.74, 6) is -2.25. The van der Waals surface area contributed by atoms with E-state index < -0.39 is 24.9 Å². The number of fused-ring (bicyclic) bond motifs is 3. The molecule has 0 saturated carbocycles. The molecule has 5 heterocycles. The molecule has 0 N–H and O–H groups in total. The highest BCUT2D eigenvalue weighted by Crippen LogP contribution is 2.47. The number of hydrogen-bond acceptors (Lipinski definition) is 7. The Kier molecular flexibility index (Phi) is 8.21. The molecule has 246 valence electrons. The second-order valence-electron chi connectivity index (χ2n) is 11.2. The van der Waals surface area contributed by atoms with Crippen molar-refractivity contribution in [1.29, 1.82) is 0 Å². The van der Waals surface area contributed by atoms with E-state index in [9.17, 15) is 18.0 Å². The van der Waals surface area contributed by atoms with Crippen molar-refractivity contribution < 1.29 is 31.8 Å². The monoisotopic (exact) mass is 676 g/mol. The van der Waals surface area contributed by atoms with Gasteiger partial charge >= 0.3 is 6.61 Å². The summed E-state index contributed by atoms with van der Waals surface area (Å²) in [5.41, 5.74) is 3.95. The number of rotatable bonds is 9. The van der Waals surface area contributed by atoms with Crippen molar-refractivity contribution in [3.05, 3.63) is 84.0 Å². The molecule has 6 aromatic rings. The molecular weight excluding hydrogens is 648 g/mol. The second kappa shape index (κ2) is 12.5. The van der Waals surface area contributed by atoms with Crippen molar-refractivity contribution in [3.8, 4) is 39.5 Å². The lowest BCUT2D eigenvalue weighted by molar-refractivity contribution is -0.133. The molecule has 0 radical (unpaired) electrons. The largest absolute Gasteiger partial charge is 0.490 e. The van der Waals surface area contributed by atoms with Gasteiger partial charge in [-0.05, 0) is 42.6 Å². The zero-order valence-electron chi connectivity index (χ0n) is 25.8. The molecule has 1 aliphatic rings. The Labute approximate surface area is 275 Å². The van der Waals surface area contributed by atoms with Gasteiger partial charge in [0.05, 0.1) is 47.9 Å². The van der Waals surface area contributed by atoms with E-state index in [0.29, 0.717) is 45.8 Å². The average molecular weight is 677 g/mol. The summed E-state index contributed by atoms with van der Waals surface area (Å²) in [6.07, 6.45) is 3.03. The van der Waals surface area contributed by atoms with Crippen LogP contribution in [0.3, 0.4) is 0 Å². The first-order chi connectivity index (χ1) is 23.1. The number of aromatic nitrogens is 5. The van der Waals surface area contributed by atoms with Crippen LogP contribution in [-0.2, 0) is 23.1 Å². The quantitative estimate of drug-likeness (QED) is 0.0904. The van der Waals surface area contributed by atoms with Gasteiger partial charge in [-0.15, -0.1) is 11.3 Å². The number of alkyl halides is 2. The van der Waals surface area contributed by atoms with Crippen molar-refractivity contribution in [2.24, 2.45) is 7.05 Å². The van der Waals surface area contributed by atoms with Gasteiger partial charge in [0.1, 0.15) is 35.4 Å². The molecule has 1 aliphatic heterocycles. The predicted molar refractivity (Wildman–Crippen MR) is 174 cm³/mol. The van der Waals surface area contributed by atoms with Crippen LogP contribution in [0, 0.1) is 11.6 Å². The first-order valence-electron chi connectivity index (χ1n) is 15.0. The standard InChI is InChI=1S/C34H28F4N6O3S/c1-4-28(45)43-8-9-44-26(18(43)2)16-24(41-44)32-30(29-23(36)14-21(35)15-27(29)46-10-11-47-34(37)38)33-22(7-12-48-33)31(40-32)19-5-6-25-20(13-19)17-39-42(25)3/h4-7,12-18,34H,1,8-11H2,2-3H3. The number of benzene rings is 2. The van der Waals surface area contributed by atoms with Crippen LogP contribution in [0.5, 0.6) is 5.75 Å². The number of pyridine rings is 1. The van der Waals surface area contributed by atoms with Gasteiger partial charge in [-0.1, -0.05) is 12.6 Å². The number of hydrogen-bond donors (Lipinski definition) is 0. The molecular formula is C34H28F4N6O3S. The maximum absolute atomic E-state index is 16.0. The lowest BCUT2D eigenvalue weighted by atomic mass is 9.96. The maximum Gasteiger partial charge on any atom is 0.345 e. The lowest BCUT2D eigenvalue weighted by Gasteiger charge is -2.33. The number of halogens is 4. The van der Waals surface area contributed by atoms with Crippen molar-refractivity contribution in [2.45, 2.75) is 26.1 Å². The van der Waals surface area contributed by atoms with Crippen molar-refractivity contribution >= 4 is 38.2 Å². The van der Waals surface area contributed by atoms with Gasteiger partial charge in [0.2, 0.25) is 5.91 Å². The molecule has 7 rings (SSSR count). The summed E-state index contributed by atoms with van der Waals surface area (Å²) in [6, 6.07) is 10.9. The van der Waals surface area contributed by atoms with Gasteiger partial charge in [-0.25, -0.2) is 13.8 Å². The van der Waals surface area contributed by atoms with Gasteiger partial charge in [0, 0.05) is 52.3 Å². The number of aryl methyl sites for hydroxylation is 1. The van der Waals surface area contributed by atoms with Gasteiger partial charge in [0.15, 0.2) is 0 Å². The van der Waals surface area contributed by atoms with E-state index in [2.05, 4.69) is 16.4 Å². The minimum Gasteiger partial charge on any atom is -0.490 e. The molecule has 48 heavy (non-hydrogen) atoms. The van der Waals surface area contributed by atoms with Crippen LogP contribution in [-0.4, -0.2) is 61.7 Å². The molecule has 0 bridgehead atoms. The van der Waals surface area contributed by atoms with Crippen LogP contribution in [0.2, 0.25) is 0 Å². The Morgan fingerprint density at radius 3 is 2.73 bits per heavy atom. The van der Waals surface area contributed by atoms with E-state index in [-0.39, 0.29) is 29.9 Å². The molecule has 4 aromatic heterocycles. The van der Waals surface area contributed by atoms with Gasteiger partial charge in [0.25, 0.3) is 0 Å². The number of carbonyl (C=O) groups excluding carboxylic acids is 1. The normalized spacial score (nSPS) is 14.6. The third-order valence-electron chi connectivity index (χ3n) is 8.44. The van der Waals surface area contributed by atoms with Crippen LogP contribution in [0.1, 0.15) is 18.7 Å². The molecule has 2 aromatic carbocycles. The summed E-state index contributed by atoms with van der Waals surface area (Å²) >= 11 is 1.34. The highest BCUT2D eigenvalue weighted by Gasteiger charge is 2.31. The smallest absolute Gasteiger partial charge is 0.345 e. The highest BCUT2D eigenvalue weighted by molar-refractivity contribution is 7.18. The highest BCUT2D eigenvalue weighted by atomic mass is 32.1. The fourth-order valence-corrected chi connectivity index (χ4v) is 7.15. The van der Waals surface area contributed by atoms with E-state index in [1.807, 2.05) is 49.7 Å². The zero-order valence-corrected chi connectivity index (χ0v) is 26.6. The summed E-state index contributed by atoms with van der Waals surface area (Å²) < 4.78 is 70.1. The van der Waals surface area contributed by atoms with Crippen LogP contribution < -0.4 is 4.74 Å². The Morgan fingerprint density at radius 2 is 1.94 bits per heavy atom. The van der Waals surface area contributed by atoms with E-state index in [1.165, 1.54) is 17.4 Å². The Hall–Kier alpha value is -5.08. The third-order valence-corrected chi connectivity index (χ3v) is 9.37. The zero-order chi connectivity index (χ0) is 33.7. The van der Waals surface area contributed by atoms with E-state index in [1.54, 1.807) is 20.5 Å². The minimum atomic E-state index is -3.02. The predicted octanol–water partition coefficient (Wildman–Crippen LogP) is 7.37. The first kappa shape index (κ1) is 31.5. The minimum absolute atomic E-state index is 0.0971. The van der Waals surface area contributed by atoms with Crippen LogP contribution in [0.25, 0.3) is 54.8 Å². The number of thiophene rings is 1. The number of amides is 1. The molecule has 1 amide bonds. The van der Waals surface area contributed by atoms with Crippen LogP contribution >= 0.6 is 11.3 Å². The maximum atomic E-state index is 16.0. The number of nitrogens with zero attached hydrogens (tertiary/aromatic N) is 6. The summed E-state index contributed by atoms with van der Waals surface area (Å²) in [4.78, 5) is 19.4. The molecule has 0 spiro atoms. The Balaban J connectivity index is 1.47. The molecule has 9 nitrogen and oxygen atoms in total. The van der Waals surface area contributed by atoms with Crippen molar-refractivity contribution in [1.82, 2.24) is 29.4 Å². The molecule has 1 unspecified atom stereocenters. The number of carbonyl (C=O) groups is 1. The van der Waals surface area contributed by atoms with E-state index in [0.717, 1.165) is 34.3 Å². The summed E-state index contributed by atoms with van der Waals surface area (Å²) in [7, 11) is 1.85. The second-order valence-corrected chi connectivity index (χ2v) is 12.1. The fourth-order valence-electron chi connectivity index (χ4n) is 6.20. The third kappa shape index (κ3) is 5.50. The van der Waals surface area contributed by atoms with Gasteiger partial charge in [-0.3, -0.25) is 14.2 Å². The van der Waals surface area contributed by atoms with Gasteiger partial charge in [-0.2, -0.15) is 19.0 Å². The van der Waals surface area contributed by atoms with Crippen molar-refractivity contribution in [3.63, 3.8) is 0 Å². The first-order valence-corrected chi connectivity index (χ1v) is 15.9. The lowest BCUT2D eigenvalue weighted by Crippen LogP contribution is -2.40. The Morgan fingerprint density at radius 1 is 1.10 bits per heavy atom. The summed E-state index contributed by atoms with van der Waals surface area (Å²) in [5, 5.41) is 12.7. The Bertz CT molecular complexity index is 2210. The van der Waals surface area contributed by atoms with E-state index in [4.69, 9.17) is 14.8 Å².